The fraction of sp³-hybridized carbons (Fsp3) is 0.617. The highest BCUT2D eigenvalue weighted by atomic mass is 16.4. The molecule has 302 valence electrons. The number of carbonyl (C=O) groups excluding carboxylic acids is 2. The number of nitrogens with one attached hydrogen (secondary N) is 2. The zero-order chi connectivity index (χ0) is 40.6. The number of aromatic carboxylic acids is 2. The summed E-state index contributed by atoms with van der Waals surface area (Å²) < 4.78 is 0. The van der Waals surface area contributed by atoms with Gasteiger partial charge in [0.1, 0.15) is 0 Å². The van der Waals surface area contributed by atoms with Crippen LogP contribution in [0, 0.1) is 56.7 Å². The van der Waals surface area contributed by atoms with E-state index in [9.17, 15) is 34.5 Å². The van der Waals surface area contributed by atoms with E-state index in [0.717, 1.165) is 74.6 Å². The molecule has 5 aliphatic carbocycles. The first-order valence-corrected chi connectivity index (χ1v) is 20.9. The molecule has 10 atom stereocenters. The Kier molecular flexibility index (Phi) is 10.2. The summed E-state index contributed by atoms with van der Waals surface area (Å²) in [4.78, 5) is 50.7. The van der Waals surface area contributed by atoms with Crippen LogP contribution in [0.2, 0.25) is 0 Å². The minimum Gasteiger partial charge on any atom is -0.478 e. The Hall–Kier alpha value is -3.98. The molecule has 0 aliphatic heterocycles. The number of hydrogen-bond acceptors (Lipinski definition) is 5. The standard InChI is InChI=1S/C47H62N2O7/c1-27(2)31-15-20-47(22-21-45(6)34(38(31)47)13-14-36-44(5)18-17-37(50)43(3,4)35(44)16-19-46(36,45)7)42(56)49-26-29-10-8-9-28(23-29)25-48-39(51)30-11-12-32(40(52)53)33(24-30)41(54)55/h8-12,23-24,31,34-38,50H,1,13-22,25-26H2,2-7H3,(H,48,51)(H,49,56)(H,52,53)(H,54,55)/t31-,34?,35?,36?,37-,38?,44-,45+,46+,47-/m0/s1. The van der Waals surface area contributed by atoms with Crippen LogP contribution in [-0.2, 0) is 17.9 Å². The van der Waals surface area contributed by atoms with E-state index >= 15 is 0 Å². The topological polar surface area (TPSA) is 153 Å². The second kappa shape index (κ2) is 14.1. The molecule has 7 rings (SSSR count). The second-order valence-electron chi connectivity index (χ2n) is 19.8. The number of hydrogen-bond donors (Lipinski definition) is 5. The molecule has 0 radical (unpaired) electrons. The molecule has 0 saturated heterocycles. The van der Waals surface area contributed by atoms with E-state index < -0.39 is 28.8 Å². The highest BCUT2D eigenvalue weighted by Gasteiger charge is 2.71. The zero-order valence-corrected chi connectivity index (χ0v) is 34.2. The Labute approximate surface area is 332 Å². The molecule has 56 heavy (non-hydrogen) atoms. The molecule has 5 fully saturated rings. The third kappa shape index (κ3) is 6.13. The van der Waals surface area contributed by atoms with Gasteiger partial charge in [-0.15, -0.1) is 0 Å². The van der Waals surface area contributed by atoms with E-state index in [-0.39, 0.29) is 57.3 Å². The lowest BCUT2D eigenvalue weighted by Crippen LogP contribution is -2.67. The van der Waals surface area contributed by atoms with Crippen molar-refractivity contribution in [2.24, 2.45) is 56.7 Å². The maximum absolute atomic E-state index is 14.7. The van der Waals surface area contributed by atoms with Gasteiger partial charge in [0.25, 0.3) is 5.91 Å². The van der Waals surface area contributed by atoms with Crippen molar-refractivity contribution in [3.05, 3.63) is 82.4 Å². The summed E-state index contributed by atoms with van der Waals surface area (Å²) in [5.74, 6) is -1.04. The number of aliphatic hydroxyl groups is 1. The molecule has 0 spiro atoms. The van der Waals surface area contributed by atoms with Crippen molar-refractivity contribution >= 4 is 23.8 Å². The quantitative estimate of drug-likeness (QED) is 0.160. The van der Waals surface area contributed by atoms with Gasteiger partial charge in [-0.05, 0) is 152 Å². The first-order valence-electron chi connectivity index (χ1n) is 20.9. The largest absolute Gasteiger partial charge is 0.478 e. The molecule has 2 aromatic carbocycles. The van der Waals surface area contributed by atoms with E-state index in [2.05, 4.69) is 58.8 Å². The van der Waals surface area contributed by atoms with Gasteiger partial charge in [-0.25, -0.2) is 9.59 Å². The van der Waals surface area contributed by atoms with Gasteiger partial charge < -0.3 is 26.0 Å². The monoisotopic (exact) mass is 766 g/mol. The summed E-state index contributed by atoms with van der Waals surface area (Å²) in [5, 5.41) is 36.1. The Morgan fingerprint density at radius 3 is 2.07 bits per heavy atom. The first-order chi connectivity index (χ1) is 26.3. The molecule has 9 nitrogen and oxygen atoms in total. The highest BCUT2D eigenvalue weighted by Crippen LogP contribution is 2.77. The van der Waals surface area contributed by atoms with Gasteiger partial charge in [0.05, 0.1) is 22.6 Å². The van der Waals surface area contributed by atoms with Crippen LogP contribution in [0.15, 0.2) is 54.6 Å². The normalized spacial score (nSPS) is 36.8. The van der Waals surface area contributed by atoms with Crippen LogP contribution >= 0.6 is 0 Å². The van der Waals surface area contributed by atoms with Gasteiger partial charge in [-0.1, -0.05) is 71.0 Å². The molecule has 0 heterocycles. The molecule has 9 heteroatoms. The van der Waals surface area contributed by atoms with Gasteiger partial charge in [0.2, 0.25) is 5.91 Å². The van der Waals surface area contributed by atoms with Crippen LogP contribution in [0.5, 0.6) is 0 Å². The van der Waals surface area contributed by atoms with Crippen molar-refractivity contribution in [3.63, 3.8) is 0 Å². The van der Waals surface area contributed by atoms with Gasteiger partial charge in [0, 0.05) is 18.7 Å². The summed E-state index contributed by atoms with van der Waals surface area (Å²) in [6, 6.07) is 11.2. The molecule has 0 bridgehead atoms. The van der Waals surface area contributed by atoms with Crippen molar-refractivity contribution in [1.82, 2.24) is 10.6 Å². The second-order valence-corrected chi connectivity index (χ2v) is 19.8. The summed E-state index contributed by atoms with van der Waals surface area (Å²) in [7, 11) is 0. The number of amides is 2. The molecule has 4 unspecified atom stereocenters. The Morgan fingerprint density at radius 2 is 1.41 bits per heavy atom. The molecule has 2 aromatic rings. The smallest absolute Gasteiger partial charge is 0.336 e. The Morgan fingerprint density at radius 1 is 0.732 bits per heavy atom. The number of allylic oxidation sites excluding steroid dienone is 1. The van der Waals surface area contributed by atoms with E-state index in [4.69, 9.17) is 0 Å². The molecule has 2 amide bonds. The first kappa shape index (κ1) is 40.2. The minimum absolute atomic E-state index is 0.0555. The highest BCUT2D eigenvalue weighted by molar-refractivity contribution is 6.04. The lowest BCUT2D eigenvalue weighted by Gasteiger charge is -2.72. The number of carbonyl (C=O) groups is 4. The maximum atomic E-state index is 14.7. The van der Waals surface area contributed by atoms with Crippen LogP contribution in [0.25, 0.3) is 0 Å². The number of fused-ring (bicyclic) bond motifs is 7. The fourth-order valence-electron chi connectivity index (χ4n) is 14.1. The van der Waals surface area contributed by atoms with Crippen LogP contribution in [-0.4, -0.2) is 45.2 Å². The molecule has 5 aliphatic rings. The van der Waals surface area contributed by atoms with E-state index in [0.29, 0.717) is 30.2 Å². The number of carboxylic acid groups (broad SMARTS) is 2. The Bertz CT molecular complexity index is 1960. The predicted octanol–water partition coefficient (Wildman–Crippen LogP) is 8.65. The molecule has 0 aromatic heterocycles. The van der Waals surface area contributed by atoms with Crippen molar-refractivity contribution in [3.8, 4) is 0 Å². The van der Waals surface area contributed by atoms with Crippen LogP contribution < -0.4 is 10.6 Å². The maximum Gasteiger partial charge on any atom is 0.336 e. The van der Waals surface area contributed by atoms with E-state index in [1.807, 2.05) is 24.3 Å². The Balaban J connectivity index is 1.06. The lowest BCUT2D eigenvalue weighted by molar-refractivity contribution is -0.246. The van der Waals surface area contributed by atoms with Crippen molar-refractivity contribution in [2.75, 3.05) is 0 Å². The molecule has 5 saturated carbocycles. The van der Waals surface area contributed by atoms with Gasteiger partial charge >= 0.3 is 11.9 Å². The average molecular weight is 767 g/mol. The van der Waals surface area contributed by atoms with Crippen LogP contribution in [0.1, 0.15) is 148 Å². The average Bonchev–Trinajstić information content (AvgIpc) is 3.56. The predicted molar refractivity (Wildman–Crippen MR) is 215 cm³/mol. The van der Waals surface area contributed by atoms with E-state index in [1.54, 1.807) is 0 Å². The number of aliphatic hydroxyl groups excluding tert-OH is 1. The zero-order valence-electron chi connectivity index (χ0n) is 34.2. The number of benzene rings is 2. The summed E-state index contributed by atoms with van der Waals surface area (Å²) in [6.45, 7) is 19.6. The van der Waals surface area contributed by atoms with Crippen molar-refractivity contribution in [1.29, 1.82) is 0 Å². The summed E-state index contributed by atoms with van der Waals surface area (Å²) in [5.41, 5.74) is 2.14. The van der Waals surface area contributed by atoms with Gasteiger partial charge in [-0.3, -0.25) is 9.59 Å². The summed E-state index contributed by atoms with van der Waals surface area (Å²) >= 11 is 0. The lowest BCUT2D eigenvalue weighted by atomic mass is 9.32. The molecular formula is C47H62N2O7. The van der Waals surface area contributed by atoms with Crippen molar-refractivity contribution in [2.45, 2.75) is 125 Å². The third-order valence-corrected chi connectivity index (χ3v) is 17.1. The summed E-state index contributed by atoms with van der Waals surface area (Å²) in [6.07, 6.45) is 10.2. The van der Waals surface area contributed by atoms with Crippen molar-refractivity contribution < 1.29 is 34.5 Å². The van der Waals surface area contributed by atoms with Gasteiger partial charge in [-0.2, -0.15) is 0 Å². The third-order valence-electron chi connectivity index (χ3n) is 17.1. The molecule has 5 N–H and O–H groups in total. The van der Waals surface area contributed by atoms with E-state index in [1.165, 1.54) is 24.5 Å². The fourth-order valence-corrected chi connectivity index (χ4v) is 14.1. The molecular weight excluding hydrogens is 705 g/mol. The SMILES string of the molecule is C=C(C)[C@@H]1CC[C@]2(C(=O)NCc3cccc(CNC(=O)c4ccc(C(=O)O)c(C(=O)O)c4)c3)CC[C@]3(C)C(CCC4[C@@]5(C)CC[C@H](O)C(C)(C)C5CC[C@]43C)C12. The van der Waals surface area contributed by atoms with Crippen LogP contribution in [0.3, 0.4) is 0 Å². The number of carboxylic acids is 2. The number of rotatable bonds is 9. The van der Waals surface area contributed by atoms with Crippen LogP contribution in [0.4, 0.5) is 0 Å². The van der Waals surface area contributed by atoms with Gasteiger partial charge in [0.15, 0.2) is 0 Å². The minimum atomic E-state index is -1.42.